The van der Waals surface area contributed by atoms with E-state index in [4.69, 9.17) is 11.5 Å². The number of hydrogen-bond donors (Lipinski definition) is 3. The van der Waals surface area contributed by atoms with Crippen LogP contribution in [0, 0.1) is 5.21 Å². The van der Waals surface area contributed by atoms with E-state index in [1.165, 1.54) is 6.21 Å². The van der Waals surface area contributed by atoms with E-state index in [1.54, 1.807) is 24.3 Å². The average Bonchev–Trinajstić information content (AvgIpc) is 2.30. The Morgan fingerprint density at radius 3 is 2.82 bits per heavy atom. The normalized spacial score (nSPS) is 10.4. The van der Waals surface area contributed by atoms with Crippen molar-refractivity contribution in [2.75, 3.05) is 0 Å². The highest BCUT2D eigenvalue weighted by atomic mass is 16.5. The number of hydrazone groups is 1. The molecule has 0 saturated carbocycles. The first-order chi connectivity index (χ1) is 8.06. The van der Waals surface area contributed by atoms with Crippen LogP contribution in [-0.4, -0.2) is 22.1 Å². The third kappa shape index (κ3) is 3.23. The molecule has 0 aliphatic heterocycles. The molecule has 17 heavy (non-hydrogen) atoms. The summed E-state index contributed by atoms with van der Waals surface area (Å²) < 4.78 is 0. The van der Waals surface area contributed by atoms with E-state index < -0.39 is 5.96 Å². The minimum atomic E-state index is -0.469. The van der Waals surface area contributed by atoms with Gasteiger partial charge in [-0.3, -0.25) is 11.5 Å². The van der Waals surface area contributed by atoms with Crippen LogP contribution in [0.3, 0.4) is 0 Å². The van der Waals surface area contributed by atoms with Gasteiger partial charge in [0, 0.05) is 5.56 Å². The molecule has 1 rings (SSSR count). The summed E-state index contributed by atoms with van der Waals surface area (Å²) in [5.41, 5.74) is 11.2. The predicted octanol–water partition coefficient (Wildman–Crippen LogP) is 0.238. The molecule has 0 heterocycles. The predicted molar refractivity (Wildman–Crippen MR) is 66.6 cm³/mol. The lowest BCUT2D eigenvalue weighted by Gasteiger charge is -2.06. The molecule has 0 unspecified atom stereocenters. The molecule has 90 valence electrons. The highest BCUT2D eigenvalue weighted by Crippen LogP contribution is 2.21. The molecule has 0 saturated heterocycles. The minimum absolute atomic E-state index is 0.0557. The fourth-order valence-electron chi connectivity index (χ4n) is 1.22. The zero-order valence-corrected chi connectivity index (χ0v) is 9.21. The van der Waals surface area contributed by atoms with Crippen LogP contribution in [0.2, 0.25) is 0 Å². The molecule has 0 spiro atoms. The third-order valence-electron chi connectivity index (χ3n) is 2.04. The number of nitrogens with zero attached hydrogens (tertiary/aromatic N) is 2. The lowest BCUT2D eigenvalue weighted by molar-refractivity contribution is -0.463. The van der Waals surface area contributed by atoms with Crippen molar-refractivity contribution < 1.29 is 9.95 Å². The molecule has 0 aliphatic carbocycles. The van der Waals surface area contributed by atoms with Crippen LogP contribution < -0.4 is 11.5 Å². The van der Waals surface area contributed by atoms with E-state index in [2.05, 4.69) is 11.7 Å². The monoisotopic (exact) mass is 234 g/mol. The van der Waals surface area contributed by atoms with E-state index in [0.717, 1.165) is 0 Å². The first kappa shape index (κ1) is 12.6. The number of benzene rings is 1. The van der Waals surface area contributed by atoms with Crippen molar-refractivity contribution in [2.24, 2.45) is 16.6 Å². The summed E-state index contributed by atoms with van der Waals surface area (Å²) in [6.45, 7) is 3.58. The summed E-state index contributed by atoms with van der Waals surface area (Å²) in [5, 5.41) is 24.3. The Labute approximate surface area is 98.8 Å². The number of nitrogens with two attached hydrogens (primary N) is 2. The van der Waals surface area contributed by atoms with Gasteiger partial charge < -0.3 is 10.3 Å². The zero-order valence-electron chi connectivity index (χ0n) is 9.21. The standard InChI is InChI=1S/C11H14N4O2/c1-2-4-8-5-3-6-9(10(8)16)7-14-15(17)11(12)13/h2-3,5-7,16H,1,4,12-13H2/b14-7-. The molecule has 0 bridgehead atoms. The van der Waals surface area contributed by atoms with Gasteiger partial charge in [0.2, 0.25) is 0 Å². The van der Waals surface area contributed by atoms with E-state index in [0.29, 0.717) is 17.5 Å². The van der Waals surface area contributed by atoms with Crippen molar-refractivity contribution in [1.29, 1.82) is 0 Å². The number of phenolic OH excluding ortho intramolecular Hbond substituents is 1. The van der Waals surface area contributed by atoms with Gasteiger partial charge in [-0.05, 0) is 18.1 Å². The van der Waals surface area contributed by atoms with Crippen molar-refractivity contribution >= 4 is 12.2 Å². The molecule has 0 amide bonds. The first-order valence-electron chi connectivity index (χ1n) is 4.87. The Kier molecular flexibility index (Phi) is 4.10. The van der Waals surface area contributed by atoms with Crippen LogP contribution in [0.5, 0.6) is 5.75 Å². The molecule has 0 atom stereocenters. The number of hydrogen-bond acceptors (Lipinski definition) is 3. The van der Waals surface area contributed by atoms with Crippen LogP contribution >= 0.6 is 0 Å². The van der Waals surface area contributed by atoms with E-state index >= 15 is 0 Å². The molecule has 0 aliphatic rings. The second kappa shape index (κ2) is 5.55. The molecule has 1 aromatic carbocycles. The second-order valence-corrected chi connectivity index (χ2v) is 3.29. The lowest BCUT2D eigenvalue weighted by atomic mass is 10.1. The number of para-hydroxylation sites is 1. The van der Waals surface area contributed by atoms with Crippen LogP contribution in [0.1, 0.15) is 11.1 Å². The van der Waals surface area contributed by atoms with Crippen LogP contribution in [0.15, 0.2) is 36.0 Å². The fourth-order valence-corrected chi connectivity index (χ4v) is 1.22. The molecule has 6 heteroatoms. The maximum absolute atomic E-state index is 11.0. The lowest BCUT2D eigenvalue weighted by Crippen LogP contribution is -2.30. The summed E-state index contributed by atoms with van der Waals surface area (Å²) in [4.78, 5) is 0.0691. The van der Waals surface area contributed by atoms with E-state index in [9.17, 15) is 10.3 Å². The maximum atomic E-state index is 11.0. The summed E-state index contributed by atoms with van der Waals surface area (Å²) in [6.07, 6.45) is 3.38. The zero-order chi connectivity index (χ0) is 12.8. The summed E-state index contributed by atoms with van der Waals surface area (Å²) >= 11 is 0. The third-order valence-corrected chi connectivity index (χ3v) is 2.04. The Morgan fingerprint density at radius 1 is 1.53 bits per heavy atom. The van der Waals surface area contributed by atoms with Crippen molar-refractivity contribution in [3.8, 4) is 5.75 Å². The Hall–Kier alpha value is -2.50. The molecule has 1 aromatic rings. The minimum Gasteiger partial charge on any atom is -0.722 e. The smallest absolute Gasteiger partial charge is 0.366 e. The quantitative estimate of drug-likeness (QED) is 0.173. The highest BCUT2D eigenvalue weighted by molar-refractivity contribution is 5.84. The van der Waals surface area contributed by atoms with Gasteiger partial charge in [0.05, 0.1) is 6.21 Å². The highest BCUT2D eigenvalue weighted by Gasteiger charge is 2.03. The largest absolute Gasteiger partial charge is 0.722 e. The average molecular weight is 234 g/mol. The number of rotatable bonds is 4. The molecule has 0 radical (unpaired) electrons. The van der Waals surface area contributed by atoms with Crippen LogP contribution in [0.25, 0.3) is 0 Å². The van der Waals surface area contributed by atoms with Crippen LogP contribution in [-0.2, 0) is 6.42 Å². The van der Waals surface area contributed by atoms with Gasteiger partial charge in [0.15, 0.2) is 0 Å². The SMILES string of the molecule is C=CCc1cccc(/C=N\[N+]([O-])=C(N)N)c1O. The van der Waals surface area contributed by atoms with Gasteiger partial charge in [0.25, 0.3) is 0 Å². The van der Waals surface area contributed by atoms with E-state index in [-0.39, 0.29) is 10.6 Å². The van der Waals surface area contributed by atoms with Crippen molar-refractivity contribution in [2.45, 2.75) is 6.42 Å². The molecular formula is C11H14N4O2. The Bertz CT molecular complexity index is 476. The Balaban J connectivity index is 3.04. The van der Waals surface area contributed by atoms with Gasteiger partial charge in [-0.25, -0.2) is 0 Å². The van der Waals surface area contributed by atoms with E-state index in [1.807, 2.05) is 0 Å². The molecule has 5 N–H and O–H groups in total. The first-order valence-corrected chi connectivity index (χ1v) is 4.87. The summed E-state index contributed by atoms with van der Waals surface area (Å²) in [6, 6.07) is 5.11. The summed E-state index contributed by atoms with van der Waals surface area (Å²) in [7, 11) is 0. The molecular weight excluding hydrogens is 220 g/mol. The van der Waals surface area contributed by atoms with Gasteiger partial charge in [0.1, 0.15) is 5.75 Å². The number of guanidine groups is 1. The van der Waals surface area contributed by atoms with Crippen molar-refractivity contribution in [1.82, 2.24) is 0 Å². The van der Waals surface area contributed by atoms with Gasteiger partial charge in [-0.2, -0.15) is 0 Å². The molecule has 0 fully saturated rings. The van der Waals surface area contributed by atoms with Crippen LogP contribution in [0.4, 0.5) is 0 Å². The maximum Gasteiger partial charge on any atom is 0.366 e. The van der Waals surface area contributed by atoms with Crippen molar-refractivity contribution in [3.63, 3.8) is 0 Å². The number of aromatic hydroxyl groups is 1. The molecule has 0 aromatic heterocycles. The second-order valence-electron chi connectivity index (χ2n) is 3.29. The molecule has 6 nitrogen and oxygen atoms in total. The van der Waals surface area contributed by atoms with Gasteiger partial charge in [-0.1, -0.05) is 18.2 Å². The van der Waals surface area contributed by atoms with Crippen molar-refractivity contribution in [3.05, 3.63) is 47.2 Å². The van der Waals surface area contributed by atoms with Gasteiger partial charge >= 0.3 is 5.96 Å². The summed E-state index contributed by atoms with van der Waals surface area (Å²) in [5.74, 6) is -0.414. The fraction of sp³-hybridized carbons (Fsp3) is 0.0909. The Morgan fingerprint density at radius 2 is 2.24 bits per heavy atom. The number of phenols is 1. The topological polar surface area (TPSA) is 111 Å². The van der Waals surface area contributed by atoms with Gasteiger partial charge in [-0.15, -0.1) is 16.5 Å². The number of allylic oxidation sites excluding steroid dienone is 1.